The van der Waals surface area contributed by atoms with Gasteiger partial charge in [0.1, 0.15) is 0 Å². The second-order valence-corrected chi connectivity index (χ2v) is 2.03. The van der Waals surface area contributed by atoms with E-state index < -0.39 is 17.1 Å². The SMILES string of the molecule is CC(CN)O[SH](=O)=O. The first-order valence-corrected chi connectivity index (χ1v) is 3.27. The smallest absolute Gasteiger partial charge is 0.257 e. The molecule has 0 aliphatic rings. The highest BCUT2D eigenvalue weighted by molar-refractivity contribution is 7.67. The lowest BCUT2D eigenvalue weighted by Crippen LogP contribution is -2.18. The number of nitrogens with two attached hydrogens (primary N) is 1. The normalized spacial score (nSPS) is 14.4. The van der Waals surface area contributed by atoms with Crippen molar-refractivity contribution in [3.05, 3.63) is 0 Å². The fraction of sp³-hybridized carbons (Fsp3) is 1.00. The molecule has 0 aromatic heterocycles. The molecule has 0 spiro atoms. The van der Waals surface area contributed by atoms with Crippen LogP contribution in [-0.2, 0) is 15.2 Å². The van der Waals surface area contributed by atoms with E-state index in [1.165, 1.54) is 0 Å². The van der Waals surface area contributed by atoms with Gasteiger partial charge in [0.15, 0.2) is 0 Å². The molecule has 0 aromatic rings. The molecule has 50 valence electrons. The summed E-state index contributed by atoms with van der Waals surface area (Å²) in [6.45, 7) is 1.81. The van der Waals surface area contributed by atoms with Crippen LogP contribution in [0.3, 0.4) is 0 Å². The summed E-state index contributed by atoms with van der Waals surface area (Å²) in [5, 5.41) is 0. The van der Waals surface area contributed by atoms with Crippen LogP contribution in [0.15, 0.2) is 0 Å². The van der Waals surface area contributed by atoms with Crippen molar-refractivity contribution in [3.63, 3.8) is 0 Å². The summed E-state index contributed by atoms with van der Waals surface area (Å²) in [7, 11) is -2.73. The Morgan fingerprint density at radius 2 is 2.25 bits per heavy atom. The molecule has 0 amide bonds. The number of rotatable bonds is 3. The Morgan fingerprint density at radius 3 is 2.38 bits per heavy atom. The lowest BCUT2D eigenvalue weighted by atomic mass is 10.4. The molecule has 2 N–H and O–H groups in total. The van der Waals surface area contributed by atoms with E-state index in [9.17, 15) is 8.42 Å². The largest absolute Gasteiger partial charge is 0.328 e. The summed E-state index contributed by atoms with van der Waals surface area (Å²) < 4.78 is 23.7. The van der Waals surface area contributed by atoms with Crippen molar-refractivity contribution in [1.82, 2.24) is 0 Å². The molecular formula is C3H9NO3S. The van der Waals surface area contributed by atoms with Gasteiger partial charge in [-0.25, -0.2) is 8.42 Å². The zero-order valence-corrected chi connectivity index (χ0v) is 5.43. The molecule has 0 aromatic carbocycles. The third-order valence-electron chi connectivity index (χ3n) is 0.598. The second kappa shape index (κ2) is 3.82. The van der Waals surface area contributed by atoms with E-state index in [0.717, 1.165) is 0 Å². The van der Waals surface area contributed by atoms with Gasteiger partial charge in [-0.2, -0.15) is 0 Å². The van der Waals surface area contributed by atoms with Crippen molar-refractivity contribution in [2.75, 3.05) is 6.54 Å². The summed E-state index contributed by atoms with van der Waals surface area (Å²) in [5.41, 5.74) is 5.03. The summed E-state index contributed by atoms with van der Waals surface area (Å²) in [4.78, 5) is 0. The molecule has 8 heavy (non-hydrogen) atoms. The minimum atomic E-state index is -2.73. The van der Waals surface area contributed by atoms with E-state index >= 15 is 0 Å². The monoisotopic (exact) mass is 139 g/mol. The van der Waals surface area contributed by atoms with Gasteiger partial charge in [-0.05, 0) is 6.92 Å². The highest BCUT2D eigenvalue weighted by Gasteiger charge is 1.96. The molecule has 0 heterocycles. The second-order valence-electron chi connectivity index (χ2n) is 1.38. The zero-order chi connectivity index (χ0) is 6.57. The molecule has 0 bridgehead atoms. The molecule has 0 fully saturated rings. The predicted octanol–water partition coefficient (Wildman–Crippen LogP) is -1.12. The fourth-order valence-electron chi connectivity index (χ4n) is 0.190. The van der Waals surface area contributed by atoms with Gasteiger partial charge in [-0.1, -0.05) is 0 Å². The first kappa shape index (κ1) is 7.87. The first-order chi connectivity index (χ1) is 3.66. The van der Waals surface area contributed by atoms with Crippen LogP contribution in [0, 0.1) is 0 Å². The quantitative estimate of drug-likeness (QED) is 0.486. The molecular weight excluding hydrogens is 130 g/mol. The average molecular weight is 139 g/mol. The van der Waals surface area contributed by atoms with Crippen LogP contribution in [0.25, 0.3) is 0 Å². The summed E-state index contributed by atoms with van der Waals surface area (Å²) >= 11 is 0. The van der Waals surface area contributed by atoms with Crippen LogP contribution in [0.5, 0.6) is 0 Å². The van der Waals surface area contributed by atoms with Gasteiger partial charge in [0.25, 0.3) is 11.0 Å². The highest BCUT2D eigenvalue weighted by atomic mass is 32.2. The number of hydrogen-bond donors (Lipinski definition) is 2. The van der Waals surface area contributed by atoms with Crippen molar-refractivity contribution in [2.24, 2.45) is 5.73 Å². The Morgan fingerprint density at radius 1 is 1.75 bits per heavy atom. The third-order valence-corrected chi connectivity index (χ3v) is 1.13. The van der Waals surface area contributed by atoms with E-state index in [-0.39, 0.29) is 6.54 Å². The molecule has 5 heteroatoms. The van der Waals surface area contributed by atoms with E-state index in [0.29, 0.717) is 0 Å². The molecule has 1 unspecified atom stereocenters. The van der Waals surface area contributed by atoms with Gasteiger partial charge in [0.05, 0.1) is 6.10 Å². The van der Waals surface area contributed by atoms with Crippen LogP contribution >= 0.6 is 0 Å². The minimum absolute atomic E-state index is 0.226. The summed E-state index contributed by atoms with van der Waals surface area (Å²) in [6.07, 6.45) is -0.392. The lowest BCUT2D eigenvalue weighted by Gasteiger charge is -2.00. The Bertz CT molecular complexity index is 114. The standard InChI is InChI=1S/C3H9NO3S/c1-3(2-4)7-8(5)6/h3,8H,2,4H2,1H3. The van der Waals surface area contributed by atoms with Gasteiger partial charge in [0, 0.05) is 6.54 Å². The summed E-state index contributed by atoms with van der Waals surface area (Å²) in [6, 6.07) is 0. The topological polar surface area (TPSA) is 69.4 Å². The number of thiol groups is 1. The van der Waals surface area contributed by atoms with Gasteiger partial charge >= 0.3 is 0 Å². The predicted molar refractivity (Wildman–Crippen MR) is 29.9 cm³/mol. The molecule has 0 aliphatic carbocycles. The van der Waals surface area contributed by atoms with Gasteiger partial charge in [0.2, 0.25) is 0 Å². The minimum Gasteiger partial charge on any atom is -0.328 e. The number of hydrogen-bond acceptors (Lipinski definition) is 4. The van der Waals surface area contributed by atoms with Crippen molar-refractivity contribution in [1.29, 1.82) is 0 Å². The molecule has 0 aliphatic heterocycles. The Kier molecular flexibility index (Phi) is 3.76. The summed E-state index contributed by atoms with van der Waals surface area (Å²) in [5.74, 6) is 0. The average Bonchev–Trinajstić information content (AvgIpc) is 1.65. The fourth-order valence-corrected chi connectivity index (χ4v) is 0.570. The Labute approximate surface area is 49.8 Å². The van der Waals surface area contributed by atoms with Crippen LogP contribution in [0.1, 0.15) is 6.92 Å². The van der Waals surface area contributed by atoms with Crippen molar-refractivity contribution < 1.29 is 12.6 Å². The lowest BCUT2D eigenvalue weighted by molar-refractivity contribution is 0.248. The van der Waals surface area contributed by atoms with Crippen molar-refractivity contribution >= 4 is 11.0 Å². The van der Waals surface area contributed by atoms with Crippen molar-refractivity contribution in [3.8, 4) is 0 Å². The maximum Gasteiger partial charge on any atom is 0.257 e. The highest BCUT2D eigenvalue weighted by Crippen LogP contribution is 1.84. The van der Waals surface area contributed by atoms with Crippen LogP contribution < -0.4 is 5.73 Å². The molecule has 1 atom stereocenters. The Hall–Kier alpha value is -0.130. The van der Waals surface area contributed by atoms with Crippen LogP contribution in [0.2, 0.25) is 0 Å². The van der Waals surface area contributed by atoms with Crippen LogP contribution in [0.4, 0.5) is 0 Å². The van der Waals surface area contributed by atoms with Crippen molar-refractivity contribution in [2.45, 2.75) is 13.0 Å². The molecule has 4 nitrogen and oxygen atoms in total. The van der Waals surface area contributed by atoms with Gasteiger partial charge < -0.3 is 5.73 Å². The third kappa shape index (κ3) is 4.04. The first-order valence-electron chi connectivity index (χ1n) is 2.18. The van der Waals surface area contributed by atoms with Gasteiger partial charge in [-0.15, -0.1) is 0 Å². The molecule has 0 radical (unpaired) electrons. The van der Waals surface area contributed by atoms with E-state index in [4.69, 9.17) is 5.73 Å². The Balaban J connectivity index is 3.39. The molecule has 0 saturated carbocycles. The molecule has 0 saturated heterocycles. The molecule has 0 rings (SSSR count). The zero-order valence-electron chi connectivity index (χ0n) is 4.53. The van der Waals surface area contributed by atoms with E-state index in [1.807, 2.05) is 0 Å². The maximum atomic E-state index is 9.73. The van der Waals surface area contributed by atoms with Gasteiger partial charge in [-0.3, -0.25) is 4.18 Å². The van der Waals surface area contributed by atoms with E-state index in [1.54, 1.807) is 6.92 Å². The van der Waals surface area contributed by atoms with Crippen LogP contribution in [-0.4, -0.2) is 21.1 Å². The van der Waals surface area contributed by atoms with E-state index in [2.05, 4.69) is 4.18 Å². The maximum absolute atomic E-state index is 9.73.